The zero-order valence-electron chi connectivity index (χ0n) is 10.8. The molecular formula is C14H14ClN3OS. The zero-order chi connectivity index (χ0) is 13.7. The van der Waals surface area contributed by atoms with Gasteiger partial charge in [0.2, 0.25) is 0 Å². The van der Waals surface area contributed by atoms with Crippen LogP contribution in [0.4, 0.5) is 0 Å². The molecule has 0 bridgehead atoms. The summed E-state index contributed by atoms with van der Waals surface area (Å²) >= 11 is 6.25. The highest BCUT2D eigenvalue weighted by Crippen LogP contribution is 2.32. The molecule has 0 amide bonds. The maximum Gasteiger partial charge on any atom is 0.128 e. The number of hydrogen-bond acceptors (Lipinski definition) is 3. The molecule has 4 nitrogen and oxygen atoms in total. The second kappa shape index (κ2) is 4.77. The van der Waals surface area contributed by atoms with Crippen LogP contribution in [-0.2, 0) is 11.0 Å². The van der Waals surface area contributed by atoms with Crippen molar-refractivity contribution in [1.29, 1.82) is 0 Å². The SMILES string of the molecule is O=S(c1cccc2cncc(Cl)c12)N1CC2CNC2C1. The van der Waals surface area contributed by atoms with Gasteiger partial charge in [0, 0.05) is 54.8 Å². The third-order valence-corrected chi connectivity index (χ3v) is 5.94. The van der Waals surface area contributed by atoms with E-state index >= 15 is 0 Å². The van der Waals surface area contributed by atoms with E-state index in [0.717, 1.165) is 35.3 Å². The molecule has 3 heterocycles. The quantitative estimate of drug-likeness (QED) is 0.920. The molecule has 1 N–H and O–H groups in total. The molecule has 2 aliphatic heterocycles. The second-order valence-electron chi connectivity index (χ2n) is 5.35. The standard InChI is InChI=1S/C14H14ClN3OS/c15-11-6-16-4-9-2-1-3-13(14(9)11)20(19)18-7-10-5-17-12(10)8-18/h1-4,6,10,12,17H,5,7-8H2. The van der Waals surface area contributed by atoms with Crippen LogP contribution < -0.4 is 5.32 Å². The molecule has 0 aliphatic carbocycles. The normalized spacial score (nSPS) is 27.2. The Hall–Kier alpha value is -1.01. The molecule has 6 heteroatoms. The van der Waals surface area contributed by atoms with Crippen molar-refractivity contribution < 1.29 is 4.21 Å². The lowest BCUT2D eigenvalue weighted by molar-refractivity contribution is 0.297. The van der Waals surface area contributed by atoms with Gasteiger partial charge >= 0.3 is 0 Å². The van der Waals surface area contributed by atoms with Crippen LogP contribution in [0.25, 0.3) is 10.8 Å². The van der Waals surface area contributed by atoms with Crippen LogP contribution in [0.1, 0.15) is 0 Å². The highest BCUT2D eigenvalue weighted by Gasteiger charge is 2.41. The lowest BCUT2D eigenvalue weighted by atomic mass is 9.96. The summed E-state index contributed by atoms with van der Waals surface area (Å²) in [6.45, 7) is 2.78. The largest absolute Gasteiger partial charge is 0.312 e. The Kier molecular flexibility index (Phi) is 3.03. The molecule has 0 radical (unpaired) electrons. The summed E-state index contributed by atoms with van der Waals surface area (Å²) in [4.78, 5) is 4.88. The molecule has 0 spiro atoms. The van der Waals surface area contributed by atoms with E-state index in [9.17, 15) is 4.21 Å². The van der Waals surface area contributed by atoms with Crippen molar-refractivity contribution in [2.24, 2.45) is 5.92 Å². The topological polar surface area (TPSA) is 45.2 Å². The molecule has 1 aromatic carbocycles. The first kappa shape index (κ1) is 12.7. The summed E-state index contributed by atoms with van der Waals surface area (Å²) in [6, 6.07) is 6.27. The lowest BCUT2D eigenvalue weighted by Gasteiger charge is -2.30. The first-order chi connectivity index (χ1) is 9.74. The minimum absolute atomic E-state index is 0.506. The van der Waals surface area contributed by atoms with Gasteiger partial charge in [-0.2, -0.15) is 0 Å². The van der Waals surface area contributed by atoms with Crippen molar-refractivity contribution in [1.82, 2.24) is 14.6 Å². The van der Waals surface area contributed by atoms with Crippen LogP contribution in [-0.4, -0.2) is 39.2 Å². The van der Waals surface area contributed by atoms with Gasteiger partial charge in [-0.25, -0.2) is 8.51 Å². The van der Waals surface area contributed by atoms with Gasteiger partial charge in [0.05, 0.1) is 9.92 Å². The average molecular weight is 308 g/mol. The summed E-state index contributed by atoms with van der Waals surface area (Å²) in [5.74, 6) is 0.645. The van der Waals surface area contributed by atoms with E-state index in [1.807, 2.05) is 22.5 Å². The van der Waals surface area contributed by atoms with Crippen molar-refractivity contribution in [3.63, 3.8) is 0 Å². The van der Waals surface area contributed by atoms with E-state index in [2.05, 4.69) is 10.3 Å². The molecule has 1 aromatic heterocycles. The fourth-order valence-corrected chi connectivity index (χ4v) is 4.81. The summed E-state index contributed by atoms with van der Waals surface area (Å²) in [5, 5.41) is 5.73. The molecule has 2 aliphatic rings. The molecule has 2 fully saturated rings. The van der Waals surface area contributed by atoms with E-state index in [0.29, 0.717) is 17.0 Å². The second-order valence-corrected chi connectivity index (χ2v) is 7.21. The Morgan fingerprint density at radius 3 is 2.95 bits per heavy atom. The first-order valence-electron chi connectivity index (χ1n) is 6.66. The van der Waals surface area contributed by atoms with Crippen LogP contribution in [0.15, 0.2) is 35.5 Å². The number of halogens is 1. The minimum Gasteiger partial charge on any atom is -0.312 e. The van der Waals surface area contributed by atoms with Crippen molar-refractivity contribution in [2.45, 2.75) is 10.9 Å². The van der Waals surface area contributed by atoms with Gasteiger partial charge in [-0.1, -0.05) is 23.7 Å². The summed E-state index contributed by atoms with van der Waals surface area (Å²) in [6.07, 6.45) is 3.37. The van der Waals surface area contributed by atoms with Gasteiger partial charge in [0.15, 0.2) is 0 Å². The van der Waals surface area contributed by atoms with Gasteiger partial charge in [0.1, 0.15) is 11.0 Å². The van der Waals surface area contributed by atoms with E-state index in [4.69, 9.17) is 11.6 Å². The number of aromatic nitrogens is 1. The van der Waals surface area contributed by atoms with Gasteiger partial charge < -0.3 is 5.32 Å². The predicted octanol–water partition coefficient (Wildman–Crippen LogP) is 1.81. The van der Waals surface area contributed by atoms with Crippen LogP contribution >= 0.6 is 11.6 Å². The van der Waals surface area contributed by atoms with Crippen LogP contribution in [0.3, 0.4) is 0 Å². The number of pyridine rings is 1. The number of benzene rings is 1. The monoisotopic (exact) mass is 307 g/mol. The first-order valence-corrected chi connectivity index (χ1v) is 8.15. The van der Waals surface area contributed by atoms with E-state index in [1.54, 1.807) is 12.4 Å². The van der Waals surface area contributed by atoms with Crippen molar-refractivity contribution in [3.8, 4) is 0 Å². The smallest absolute Gasteiger partial charge is 0.128 e. The average Bonchev–Trinajstić information content (AvgIpc) is 2.73. The summed E-state index contributed by atoms with van der Waals surface area (Å²) in [5.41, 5.74) is 0. The molecule has 2 saturated heterocycles. The van der Waals surface area contributed by atoms with Gasteiger partial charge in [-0.3, -0.25) is 4.98 Å². The van der Waals surface area contributed by atoms with Crippen LogP contribution in [0.5, 0.6) is 0 Å². The van der Waals surface area contributed by atoms with Gasteiger partial charge in [0.25, 0.3) is 0 Å². The fourth-order valence-electron chi connectivity index (χ4n) is 2.99. The Labute approximate surface area is 124 Å². The maximum atomic E-state index is 12.9. The molecule has 2 aromatic rings. The van der Waals surface area contributed by atoms with Crippen molar-refractivity contribution in [2.75, 3.05) is 19.6 Å². The molecule has 3 atom stereocenters. The molecule has 104 valence electrons. The van der Waals surface area contributed by atoms with Crippen LogP contribution in [0.2, 0.25) is 5.02 Å². The Bertz CT molecular complexity index is 691. The summed E-state index contributed by atoms with van der Waals surface area (Å²) in [7, 11) is -1.16. The van der Waals surface area contributed by atoms with Gasteiger partial charge in [-0.05, 0) is 6.07 Å². The van der Waals surface area contributed by atoms with Crippen LogP contribution in [0, 0.1) is 5.92 Å². The van der Waals surface area contributed by atoms with Crippen molar-refractivity contribution in [3.05, 3.63) is 35.6 Å². The Balaban J connectivity index is 1.76. The molecule has 4 rings (SSSR count). The Morgan fingerprint density at radius 1 is 1.35 bits per heavy atom. The third-order valence-electron chi connectivity index (χ3n) is 4.17. The van der Waals surface area contributed by atoms with E-state index in [1.165, 1.54) is 0 Å². The minimum atomic E-state index is -1.16. The fraction of sp³-hybridized carbons (Fsp3) is 0.357. The highest BCUT2D eigenvalue weighted by molar-refractivity contribution is 7.83. The number of nitrogens with zero attached hydrogens (tertiary/aromatic N) is 2. The number of hydrogen-bond donors (Lipinski definition) is 1. The van der Waals surface area contributed by atoms with Gasteiger partial charge in [-0.15, -0.1) is 0 Å². The van der Waals surface area contributed by atoms with E-state index in [-0.39, 0.29) is 0 Å². The molecule has 0 saturated carbocycles. The highest BCUT2D eigenvalue weighted by atomic mass is 35.5. The number of nitrogens with one attached hydrogen (secondary N) is 1. The maximum absolute atomic E-state index is 12.9. The number of fused-ring (bicyclic) bond motifs is 2. The summed E-state index contributed by atoms with van der Waals surface area (Å²) < 4.78 is 14.9. The number of rotatable bonds is 2. The molecular weight excluding hydrogens is 294 g/mol. The Morgan fingerprint density at radius 2 is 2.25 bits per heavy atom. The van der Waals surface area contributed by atoms with E-state index < -0.39 is 11.0 Å². The zero-order valence-corrected chi connectivity index (χ0v) is 12.3. The lowest BCUT2D eigenvalue weighted by Crippen LogP contribution is -2.51. The molecule has 20 heavy (non-hydrogen) atoms. The predicted molar refractivity (Wildman–Crippen MR) is 80.0 cm³/mol. The van der Waals surface area contributed by atoms with Crippen molar-refractivity contribution >= 4 is 33.4 Å². The third kappa shape index (κ3) is 1.89. The molecule has 3 unspecified atom stereocenters.